The maximum absolute atomic E-state index is 12.3. The Morgan fingerprint density at radius 1 is 1.31 bits per heavy atom. The maximum atomic E-state index is 12.3. The zero-order valence-electron chi connectivity index (χ0n) is 9.27. The Kier molecular flexibility index (Phi) is 4.13. The largest absolute Gasteiger partial charge is 0.505 e. The second-order valence-electron chi connectivity index (χ2n) is 3.79. The molecule has 1 aromatic carbocycles. The molecule has 0 spiro atoms. The first-order chi connectivity index (χ1) is 7.30. The number of rotatable bonds is 4. The zero-order valence-corrected chi connectivity index (χ0v) is 10.1. The van der Waals surface area contributed by atoms with E-state index < -0.39 is 12.4 Å². The Balaban J connectivity index is 2.68. The lowest BCUT2D eigenvalue weighted by Gasteiger charge is -2.17. The van der Waals surface area contributed by atoms with Crippen molar-refractivity contribution >= 4 is 18.7 Å². The topological polar surface area (TPSA) is 0 Å². The van der Waals surface area contributed by atoms with Gasteiger partial charge in [-0.25, -0.2) is 0 Å². The summed E-state index contributed by atoms with van der Waals surface area (Å²) in [5.41, 5.74) is 1.42. The van der Waals surface area contributed by atoms with Gasteiger partial charge >= 0.3 is 6.98 Å². The molecule has 0 aliphatic carbocycles. The molecule has 0 atom stereocenters. The van der Waals surface area contributed by atoms with Crippen LogP contribution >= 0.6 is 11.8 Å². The molecule has 0 radical (unpaired) electrons. The van der Waals surface area contributed by atoms with Crippen molar-refractivity contribution in [2.24, 2.45) is 0 Å². The van der Waals surface area contributed by atoms with Crippen molar-refractivity contribution in [3.63, 3.8) is 0 Å². The zero-order chi connectivity index (χ0) is 12.3. The molecule has 16 heavy (non-hydrogen) atoms. The van der Waals surface area contributed by atoms with Gasteiger partial charge in [0.05, 0.1) is 0 Å². The van der Waals surface area contributed by atoms with Crippen LogP contribution in [0.1, 0.15) is 11.1 Å². The highest BCUT2D eigenvalue weighted by Crippen LogP contribution is 2.29. The van der Waals surface area contributed by atoms with Crippen molar-refractivity contribution in [1.29, 1.82) is 0 Å². The Morgan fingerprint density at radius 2 is 1.94 bits per heavy atom. The van der Waals surface area contributed by atoms with E-state index in [1.165, 1.54) is 11.8 Å². The van der Waals surface area contributed by atoms with E-state index in [9.17, 15) is 12.9 Å². The smallest absolute Gasteiger partial charge is 0.445 e. The van der Waals surface area contributed by atoms with Crippen molar-refractivity contribution in [2.45, 2.75) is 18.7 Å². The van der Waals surface area contributed by atoms with Gasteiger partial charge in [0.1, 0.15) is 0 Å². The predicted octanol–water partition coefficient (Wildman–Crippen LogP) is 4.34. The summed E-state index contributed by atoms with van der Waals surface area (Å²) >= 11 is 1.19. The van der Waals surface area contributed by atoms with Crippen LogP contribution in [0.5, 0.6) is 0 Å². The molecule has 0 amide bonds. The van der Waals surface area contributed by atoms with Crippen molar-refractivity contribution in [1.82, 2.24) is 0 Å². The number of hydrogen-bond acceptors (Lipinski definition) is 1. The standard InChI is InChI=1S/C11H13BF3S/c1-8-4-5-9(2)11(6-8)16-7-10(3)12(13,14)15/h4-6H,3,7H2,1-2H3/q-1. The van der Waals surface area contributed by atoms with Crippen molar-refractivity contribution < 1.29 is 12.9 Å². The Labute approximate surface area is 98.0 Å². The SMILES string of the molecule is C=C(CSc1cc(C)ccc1C)[B-](F)(F)F. The molecule has 0 aromatic heterocycles. The number of benzene rings is 1. The van der Waals surface area contributed by atoms with E-state index in [1.807, 2.05) is 32.0 Å². The fourth-order valence-electron chi connectivity index (χ4n) is 1.13. The maximum Gasteiger partial charge on any atom is 0.505 e. The molecular formula is C11H13BF3S-. The lowest BCUT2D eigenvalue weighted by molar-refractivity contribution is 0.491. The number of aryl methyl sites for hydroxylation is 2. The van der Waals surface area contributed by atoms with Crippen LogP contribution in [0.15, 0.2) is 35.1 Å². The molecular weight excluding hydrogens is 232 g/mol. The van der Waals surface area contributed by atoms with E-state index in [4.69, 9.17) is 0 Å². The van der Waals surface area contributed by atoms with E-state index in [0.29, 0.717) is 0 Å². The van der Waals surface area contributed by atoms with E-state index in [2.05, 4.69) is 6.58 Å². The van der Waals surface area contributed by atoms with E-state index in [-0.39, 0.29) is 5.75 Å². The second-order valence-corrected chi connectivity index (χ2v) is 4.81. The minimum Gasteiger partial charge on any atom is -0.445 e. The molecule has 0 saturated heterocycles. The van der Waals surface area contributed by atoms with Gasteiger partial charge in [0.25, 0.3) is 0 Å². The molecule has 5 heteroatoms. The van der Waals surface area contributed by atoms with Crippen LogP contribution in [0.25, 0.3) is 0 Å². The Bertz CT molecular complexity index is 399. The Hall–Kier alpha value is -0.835. The van der Waals surface area contributed by atoms with Gasteiger partial charge in [-0.1, -0.05) is 17.7 Å². The predicted molar refractivity (Wildman–Crippen MR) is 64.9 cm³/mol. The third kappa shape index (κ3) is 3.63. The van der Waals surface area contributed by atoms with Gasteiger partial charge in [0.2, 0.25) is 0 Å². The second kappa shape index (κ2) is 5.00. The third-order valence-electron chi connectivity index (χ3n) is 2.22. The van der Waals surface area contributed by atoms with Gasteiger partial charge in [0.15, 0.2) is 0 Å². The highest BCUT2D eigenvalue weighted by Gasteiger charge is 2.26. The summed E-state index contributed by atoms with van der Waals surface area (Å²) in [6.45, 7) is 1.98. The minimum absolute atomic E-state index is 0.0895. The molecule has 0 saturated carbocycles. The molecule has 0 nitrogen and oxygen atoms in total. The van der Waals surface area contributed by atoms with E-state index in [0.717, 1.165) is 16.0 Å². The van der Waals surface area contributed by atoms with Crippen LogP contribution in [0.2, 0.25) is 0 Å². The van der Waals surface area contributed by atoms with E-state index >= 15 is 0 Å². The molecule has 1 aromatic rings. The highest BCUT2D eigenvalue weighted by atomic mass is 32.2. The first kappa shape index (κ1) is 13.2. The van der Waals surface area contributed by atoms with Gasteiger partial charge < -0.3 is 12.9 Å². The van der Waals surface area contributed by atoms with Crippen LogP contribution in [0.3, 0.4) is 0 Å². The van der Waals surface area contributed by atoms with Crippen LogP contribution in [0, 0.1) is 13.8 Å². The molecule has 0 heterocycles. The highest BCUT2D eigenvalue weighted by molar-refractivity contribution is 7.99. The molecule has 0 aliphatic heterocycles. The summed E-state index contributed by atoms with van der Waals surface area (Å²) in [4.78, 5) is 0.890. The van der Waals surface area contributed by atoms with Crippen molar-refractivity contribution in [3.8, 4) is 0 Å². The molecule has 88 valence electrons. The molecule has 1 rings (SSSR count). The Morgan fingerprint density at radius 3 is 2.50 bits per heavy atom. The normalized spacial score (nSPS) is 11.6. The summed E-state index contributed by atoms with van der Waals surface area (Å²) in [5.74, 6) is -0.0895. The van der Waals surface area contributed by atoms with Gasteiger partial charge in [-0.3, -0.25) is 0 Å². The van der Waals surface area contributed by atoms with Crippen LogP contribution in [0.4, 0.5) is 12.9 Å². The lowest BCUT2D eigenvalue weighted by Crippen LogP contribution is -2.20. The lowest BCUT2D eigenvalue weighted by atomic mass is 9.82. The number of halogens is 3. The average Bonchev–Trinajstić information content (AvgIpc) is 2.17. The summed E-state index contributed by atoms with van der Waals surface area (Å²) in [7, 11) is 0. The molecule has 0 aliphatic rings. The van der Waals surface area contributed by atoms with Crippen LogP contribution < -0.4 is 0 Å². The van der Waals surface area contributed by atoms with Gasteiger partial charge in [0, 0.05) is 4.90 Å². The van der Waals surface area contributed by atoms with Crippen LogP contribution in [-0.2, 0) is 0 Å². The monoisotopic (exact) mass is 245 g/mol. The average molecular weight is 245 g/mol. The summed E-state index contributed by atoms with van der Waals surface area (Å²) < 4.78 is 36.8. The summed E-state index contributed by atoms with van der Waals surface area (Å²) in [6.07, 6.45) is 0. The fraction of sp³-hybridized carbons (Fsp3) is 0.273. The molecule has 0 unspecified atom stereocenters. The van der Waals surface area contributed by atoms with Gasteiger partial charge in [-0.05, 0) is 31.2 Å². The number of thioether (sulfide) groups is 1. The first-order valence-electron chi connectivity index (χ1n) is 4.88. The minimum atomic E-state index is -4.91. The number of hydrogen-bond donors (Lipinski definition) is 0. The van der Waals surface area contributed by atoms with Gasteiger partial charge in [-0.15, -0.1) is 23.8 Å². The van der Waals surface area contributed by atoms with Crippen molar-refractivity contribution in [2.75, 3.05) is 5.75 Å². The summed E-state index contributed by atoms with van der Waals surface area (Å²) in [5, 5.41) is 0. The molecule has 0 bridgehead atoms. The van der Waals surface area contributed by atoms with Crippen molar-refractivity contribution in [3.05, 3.63) is 41.4 Å². The quantitative estimate of drug-likeness (QED) is 0.561. The fourth-order valence-corrected chi connectivity index (χ4v) is 2.22. The van der Waals surface area contributed by atoms with Crippen LogP contribution in [-0.4, -0.2) is 12.7 Å². The molecule has 0 N–H and O–H groups in total. The third-order valence-corrected chi connectivity index (χ3v) is 3.49. The molecule has 0 fully saturated rings. The van der Waals surface area contributed by atoms with Gasteiger partial charge in [-0.2, -0.15) is 0 Å². The summed E-state index contributed by atoms with van der Waals surface area (Å²) in [6, 6.07) is 5.76. The van der Waals surface area contributed by atoms with E-state index in [1.54, 1.807) is 0 Å². The first-order valence-corrected chi connectivity index (χ1v) is 5.87.